The number of aromatic nitrogens is 3. The fourth-order valence-corrected chi connectivity index (χ4v) is 6.54. The van der Waals surface area contributed by atoms with Crippen LogP contribution in [0.25, 0.3) is 32.8 Å². The molecule has 218 valence electrons. The van der Waals surface area contributed by atoms with Gasteiger partial charge in [-0.25, -0.2) is 4.79 Å². The van der Waals surface area contributed by atoms with Gasteiger partial charge >= 0.3 is 5.97 Å². The van der Waals surface area contributed by atoms with Gasteiger partial charge in [0.2, 0.25) is 0 Å². The molecular weight excluding hydrogens is 526 g/mol. The molecule has 1 aliphatic rings. The Bertz CT molecular complexity index is 1760. The predicted molar refractivity (Wildman–Crippen MR) is 166 cm³/mol. The van der Waals surface area contributed by atoms with Crippen LogP contribution in [0, 0.1) is 6.92 Å². The van der Waals surface area contributed by atoms with Crippen molar-refractivity contribution < 1.29 is 19.4 Å². The van der Waals surface area contributed by atoms with Crippen molar-refractivity contribution in [3.63, 3.8) is 0 Å². The van der Waals surface area contributed by atoms with Gasteiger partial charge in [-0.1, -0.05) is 61.9 Å². The van der Waals surface area contributed by atoms with Crippen molar-refractivity contribution in [1.29, 1.82) is 0 Å². The van der Waals surface area contributed by atoms with Gasteiger partial charge in [-0.05, 0) is 61.6 Å². The van der Waals surface area contributed by atoms with Gasteiger partial charge in [0.15, 0.2) is 0 Å². The normalized spacial score (nSPS) is 13.7. The van der Waals surface area contributed by atoms with E-state index in [4.69, 9.17) is 14.6 Å². The van der Waals surface area contributed by atoms with E-state index in [9.17, 15) is 9.90 Å². The van der Waals surface area contributed by atoms with Crippen LogP contribution in [0.5, 0.6) is 5.75 Å². The van der Waals surface area contributed by atoms with E-state index in [1.54, 1.807) is 0 Å². The number of aromatic carboxylic acids is 1. The first-order valence-electron chi connectivity index (χ1n) is 15.1. The maximum Gasteiger partial charge on any atom is 0.352 e. The molecule has 0 saturated carbocycles. The molecule has 0 aliphatic carbocycles. The summed E-state index contributed by atoms with van der Waals surface area (Å²) in [5.74, 6) is -0.0257. The third-order valence-electron chi connectivity index (χ3n) is 8.45. The smallest absolute Gasteiger partial charge is 0.352 e. The molecule has 3 heterocycles. The SMILES string of the molecule is CCCc1nn(C)c2c1-c1c(C)ccc3c(CCCOc4cccc5ccccc45)c(C(=O)O)n(c13)CCCCOC2. The summed E-state index contributed by atoms with van der Waals surface area (Å²) in [6.07, 6.45) is 4.86. The fourth-order valence-electron chi connectivity index (χ4n) is 6.54. The lowest BCUT2D eigenvalue weighted by Crippen LogP contribution is -2.12. The van der Waals surface area contributed by atoms with Crippen molar-refractivity contribution in [2.45, 2.75) is 65.5 Å². The summed E-state index contributed by atoms with van der Waals surface area (Å²) in [4.78, 5) is 12.9. The molecule has 1 aliphatic heterocycles. The van der Waals surface area contributed by atoms with Crippen molar-refractivity contribution in [3.05, 3.63) is 82.8 Å². The second-order valence-corrected chi connectivity index (χ2v) is 11.3. The molecule has 0 spiro atoms. The molecular formula is C35H39N3O4. The van der Waals surface area contributed by atoms with Crippen LogP contribution in [-0.2, 0) is 37.8 Å². The van der Waals surface area contributed by atoms with Gasteiger partial charge in [-0.3, -0.25) is 4.68 Å². The number of carboxylic acids is 1. The maximum absolute atomic E-state index is 12.9. The molecule has 42 heavy (non-hydrogen) atoms. The molecule has 0 fully saturated rings. The lowest BCUT2D eigenvalue weighted by atomic mass is 9.93. The Morgan fingerprint density at radius 3 is 2.69 bits per heavy atom. The fraction of sp³-hybridized carbons (Fsp3) is 0.371. The number of fused-ring (bicyclic) bond motifs is 3. The molecule has 0 saturated heterocycles. The topological polar surface area (TPSA) is 78.5 Å². The van der Waals surface area contributed by atoms with E-state index in [2.05, 4.69) is 48.7 Å². The summed E-state index contributed by atoms with van der Waals surface area (Å²) < 4.78 is 16.4. The lowest BCUT2D eigenvalue weighted by Gasteiger charge is -2.15. The summed E-state index contributed by atoms with van der Waals surface area (Å²) >= 11 is 0. The number of hydrogen-bond acceptors (Lipinski definition) is 4. The van der Waals surface area contributed by atoms with Gasteiger partial charge in [0, 0.05) is 42.1 Å². The number of ether oxygens (including phenoxy) is 2. The molecule has 0 radical (unpaired) electrons. The molecule has 1 N–H and O–H groups in total. The van der Waals surface area contributed by atoms with E-state index < -0.39 is 5.97 Å². The molecule has 0 unspecified atom stereocenters. The Labute approximate surface area is 246 Å². The summed E-state index contributed by atoms with van der Waals surface area (Å²) in [7, 11) is 1.99. The number of rotatable bonds is 8. The Hall–Kier alpha value is -4.10. The average molecular weight is 566 g/mol. The standard InChI is InChI=1S/C35H39N3O4/c1-4-11-28-32-29(37(3)36-28)22-41-20-8-7-19-38-33-27(18-17-23(2)31(32)33)26(34(38)35(39)40)15-10-21-42-30-16-9-13-24-12-5-6-14-25(24)30/h5-6,9,12-14,16-18H,4,7-8,10-11,15,19-22H2,1-3H3,(H,39,40). The second kappa shape index (κ2) is 12.0. The number of nitrogens with zero attached hydrogens (tertiary/aromatic N) is 3. The van der Waals surface area contributed by atoms with Crippen molar-refractivity contribution in [2.24, 2.45) is 7.05 Å². The Kier molecular flexibility index (Phi) is 8.02. The molecule has 6 rings (SSSR count). The van der Waals surface area contributed by atoms with E-state index in [1.807, 2.05) is 36.0 Å². The average Bonchev–Trinajstić information content (AvgIpc) is 3.45. The Balaban J connectivity index is 1.44. The van der Waals surface area contributed by atoms with Gasteiger partial charge in [-0.2, -0.15) is 5.10 Å². The van der Waals surface area contributed by atoms with Crippen molar-refractivity contribution in [1.82, 2.24) is 14.3 Å². The van der Waals surface area contributed by atoms with E-state index in [1.165, 1.54) is 0 Å². The Morgan fingerprint density at radius 2 is 1.86 bits per heavy atom. The van der Waals surface area contributed by atoms with Crippen LogP contribution in [0.4, 0.5) is 0 Å². The first-order valence-corrected chi connectivity index (χ1v) is 15.1. The third kappa shape index (κ3) is 5.07. The summed E-state index contributed by atoms with van der Waals surface area (Å²) in [5.41, 5.74) is 7.69. The minimum absolute atomic E-state index is 0.393. The van der Waals surface area contributed by atoms with E-state index in [0.717, 1.165) is 86.7 Å². The molecule has 7 nitrogen and oxygen atoms in total. The monoisotopic (exact) mass is 565 g/mol. The van der Waals surface area contributed by atoms with Gasteiger partial charge in [-0.15, -0.1) is 0 Å². The van der Waals surface area contributed by atoms with Gasteiger partial charge in [0.1, 0.15) is 11.4 Å². The van der Waals surface area contributed by atoms with Crippen LogP contribution >= 0.6 is 0 Å². The summed E-state index contributed by atoms with van der Waals surface area (Å²) in [6.45, 7) is 6.54. The first-order chi connectivity index (χ1) is 20.5. The van der Waals surface area contributed by atoms with Crippen molar-refractivity contribution >= 4 is 27.6 Å². The maximum atomic E-state index is 12.9. The van der Waals surface area contributed by atoms with Crippen molar-refractivity contribution in [3.8, 4) is 16.9 Å². The zero-order valence-electron chi connectivity index (χ0n) is 24.8. The highest BCUT2D eigenvalue weighted by Crippen LogP contribution is 2.41. The summed E-state index contributed by atoms with van der Waals surface area (Å²) in [6, 6.07) is 18.6. The highest BCUT2D eigenvalue weighted by atomic mass is 16.5. The molecule has 5 aromatic rings. The molecule has 2 aromatic heterocycles. The number of carboxylic acid groups (broad SMARTS) is 1. The highest BCUT2D eigenvalue weighted by Gasteiger charge is 2.28. The molecule has 7 heteroatoms. The van der Waals surface area contributed by atoms with Crippen LogP contribution < -0.4 is 4.74 Å². The van der Waals surface area contributed by atoms with E-state index in [0.29, 0.717) is 44.9 Å². The van der Waals surface area contributed by atoms with Crippen molar-refractivity contribution in [2.75, 3.05) is 13.2 Å². The zero-order chi connectivity index (χ0) is 29.2. The summed E-state index contributed by atoms with van der Waals surface area (Å²) in [5, 5.41) is 18.8. The highest BCUT2D eigenvalue weighted by molar-refractivity contribution is 6.05. The van der Waals surface area contributed by atoms with Crippen LogP contribution in [-0.4, -0.2) is 38.6 Å². The molecule has 3 aromatic carbocycles. The number of carbonyl (C=O) groups is 1. The molecule has 0 atom stereocenters. The molecule has 0 bridgehead atoms. The Morgan fingerprint density at radius 1 is 1.02 bits per heavy atom. The van der Waals surface area contributed by atoms with Gasteiger partial charge in [0.05, 0.1) is 30.1 Å². The minimum Gasteiger partial charge on any atom is -0.493 e. The zero-order valence-corrected chi connectivity index (χ0v) is 24.8. The lowest BCUT2D eigenvalue weighted by molar-refractivity contribution is 0.0683. The largest absolute Gasteiger partial charge is 0.493 e. The van der Waals surface area contributed by atoms with Crippen LogP contribution in [0.15, 0.2) is 54.6 Å². The number of hydrogen-bond donors (Lipinski definition) is 1. The van der Waals surface area contributed by atoms with E-state index >= 15 is 0 Å². The number of benzene rings is 3. The molecule has 0 amide bonds. The quantitative estimate of drug-likeness (QED) is 0.197. The van der Waals surface area contributed by atoms with Crippen LogP contribution in [0.1, 0.15) is 65.6 Å². The van der Waals surface area contributed by atoms with Crippen LogP contribution in [0.3, 0.4) is 0 Å². The number of aryl methyl sites for hydroxylation is 5. The van der Waals surface area contributed by atoms with Crippen LogP contribution in [0.2, 0.25) is 0 Å². The first kappa shape index (κ1) is 28.0. The second-order valence-electron chi connectivity index (χ2n) is 11.3. The van der Waals surface area contributed by atoms with Gasteiger partial charge < -0.3 is 19.1 Å². The predicted octanol–water partition coefficient (Wildman–Crippen LogP) is 7.48. The van der Waals surface area contributed by atoms with E-state index in [-0.39, 0.29) is 0 Å². The van der Waals surface area contributed by atoms with Gasteiger partial charge in [0.25, 0.3) is 0 Å². The third-order valence-corrected chi connectivity index (χ3v) is 8.45. The minimum atomic E-state index is -0.883.